The Labute approximate surface area is 103 Å². The highest BCUT2D eigenvalue weighted by molar-refractivity contribution is 5.27. The van der Waals surface area contributed by atoms with E-state index in [2.05, 4.69) is 37.4 Å². The van der Waals surface area contributed by atoms with Gasteiger partial charge in [0.25, 0.3) is 0 Å². The predicted molar refractivity (Wildman–Crippen MR) is 68.2 cm³/mol. The van der Waals surface area contributed by atoms with Crippen LogP contribution >= 0.6 is 0 Å². The Hall–Kier alpha value is -0.900. The van der Waals surface area contributed by atoms with Crippen LogP contribution in [-0.4, -0.2) is 32.4 Å². The maximum atomic E-state index is 5.70. The molecule has 94 valence electrons. The molecule has 3 heteroatoms. The second-order valence-electron chi connectivity index (χ2n) is 4.71. The average molecular weight is 235 g/mol. The van der Waals surface area contributed by atoms with E-state index < -0.39 is 0 Å². The molecule has 1 atom stereocenters. The first-order chi connectivity index (χ1) is 8.24. The maximum Gasteiger partial charge on any atom is 0.0933 e. The molecule has 1 aromatic rings. The van der Waals surface area contributed by atoms with Gasteiger partial charge in [0, 0.05) is 13.1 Å². The number of hydrogen-bond donors (Lipinski definition) is 1. The fourth-order valence-electron chi connectivity index (χ4n) is 2.19. The van der Waals surface area contributed by atoms with E-state index in [1.807, 2.05) is 0 Å². The predicted octanol–water partition coefficient (Wildman–Crippen LogP) is 1.81. The maximum absolute atomic E-state index is 5.70. The Morgan fingerprint density at radius 2 is 2.06 bits per heavy atom. The molecule has 1 aromatic carbocycles. The van der Waals surface area contributed by atoms with E-state index in [0.29, 0.717) is 13.2 Å². The summed E-state index contributed by atoms with van der Waals surface area (Å²) in [6, 6.07) is 6.53. The molecule has 1 fully saturated rings. The van der Waals surface area contributed by atoms with Gasteiger partial charge in [-0.15, -0.1) is 0 Å². The van der Waals surface area contributed by atoms with E-state index in [4.69, 9.17) is 9.47 Å². The second-order valence-corrected chi connectivity index (χ2v) is 4.71. The molecular weight excluding hydrogens is 214 g/mol. The van der Waals surface area contributed by atoms with Crippen molar-refractivity contribution >= 4 is 0 Å². The van der Waals surface area contributed by atoms with E-state index in [-0.39, 0.29) is 6.10 Å². The van der Waals surface area contributed by atoms with Gasteiger partial charge in [-0.3, -0.25) is 0 Å². The first-order valence-electron chi connectivity index (χ1n) is 6.21. The van der Waals surface area contributed by atoms with Crippen molar-refractivity contribution in [3.05, 3.63) is 34.9 Å². The first kappa shape index (κ1) is 12.6. The summed E-state index contributed by atoms with van der Waals surface area (Å²) in [5, 5.41) is 3.30. The van der Waals surface area contributed by atoms with Gasteiger partial charge in [0.05, 0.1) is 25.9 Å². The number of morpholine rings is 1. The zero-order valence-electron chi connectivity index (χ0n) is 10.7. The minimum atomic E-state index is 0.203. The SMILES string of the molecule is Cc1cc(C)cc(COCC2CNCCO2)c1. The lowest BCUT2D eigenvalue weighted by molar-refractivity contribution is -0.0357. The number of benzene rings is 1. The summed E-state index contributed by atoms with van der Waals surface area (Å²) >= 11 is 0. The number of nitrogens with one attached hydrogen (secondary N) is 1. The molecule has 1 saturated heterocycles. The Morgan fingerprint density at radius 3 is 2.71 bits per heavy atom. The fourth-order valence-corrected chi connectivity index (χ4v) is 2.19. The zero-order chi connectivity index (χ0) is 12.1. The molecule has 0 bridgehead atoms. The Morgan fingerprint density at radius 1 is 1.29 bits per heavy atom. The summed E-state index contributed by atoms with van der Waals surface area (Å²) in [6.45, 7) is 8.20. The Kier molecular flexibility index (Phi) is 4.54. The summed E-state index contributed by atoms with van der Waals surface area (Å²) in [7, 11) is 0. The van der Waals surface area contributed by atoms with Gasteiger partial charge < -0.3 is 14.8 Å². The van der Waals surface area contributed by atoms with Gasteiger partial charge in [0.2, 0.25) is 0 Å². The van der Waals surface area contributed by atoms with Crippen LogP contribution in [0.3, 0.4) is 0 Å². The van der Waals surface area contributed by atoms with Gasteiger partial charge in [-0.25, -0.2) is 0 Å². The molecule has 0 saturated carbocycles. The summed E-state index contributed by atoms with van der Waals surface area (Å²) in [6.07, 6.45) is 0.203. The molecule has 0 radical (unpaired) electrons. The molecule has 3 nitrogen and oxygen atoms in total. The standard InChI is InChI=1S/C14H21NO2/c1-11-5-12(2)7-13(6-11)9-16-10-14-8-15-3-4-17-14/h5-7,14-15H,3-4,8-10H2,1-2H3. The average Bonchev–Trinajstić information content (AvgIpc) is 2.29. The van der Waals surface area contributed by atoms with Gasteiger partial charge in [-0.2, -0.15) is 0 Å². The lowest BCUT2D eigenvalue weighted by Crippen LogP contribution is -2.40. The monoisotopic (exact) mass is 235 g/mol. The van der Waals surface area contributed by atoms with Crippen molar-refractivity contribution in [1.29, 1.82) is 0 Å². The molecule has 0 amide bonds. The van der Waals surface area contributed by atoms with Crippen LogP contribution in [0.25, 0.3) is 0 Å². The molecule has 0 aromatic heterocycles. The molecule has 17 heavy (non-hydrogen) atoms. The quantitative estimate of drug-likeness (QED) is 0.863. The number of rotatable bonds is 4. The Bertz CT molecular complexity index is 339. The van der Waals surface area contributed by atoms with Crippen molar-refractivity contribution in [2.24, 2.45) is 0 Å². The minimum Gasteiger partial charge on any atom is -0.374 e. The van der Waals surface area contributed by atoms with E-state index in [1.54, 1.807) is 0 Å². The smallest absolute Gasteiger partial charge is 0.0933 e. The molecule has 2 rings (SSSR count). The van der Waals surface area contributed by atoms with Gasteiger partial charge >= 0.3 is 0 Å². The highest BCUT2D eigenvalue weighted by atomic mass is 16.5. The van der Waals surface area contributed by atoms with Crippen LogP contribution in [0.5, 0.6) is 0 Å². The third-order valence-corrected chi connectivity index (χ3v) is 2.86. The van der Waals surface area contributed by atoms with Crippen LogP contribution in [0.2, 0.25) is 0 Å². The summed E-state index contributed by atoms with van der Waals surface area (Å²) in [5.74, 6) is 0. The van der Waals surface area contributed by atoms with E-state index >= 15 is 0 Å². The lowest BCUT2D eigenvalue weighted by Gasteiger charge is -2.23. The molecule has 0 spiro atoms. The largest absolute Gasteiger partial charge is 0.374 e. The van der Waals surface area contributed by atoms with Crippen LogP contribution in [-0.2, 0) is 16.1 Å². The Balaban J connectivity index is 1.77. The summed E-state index contributed by atoms with van der Waals surface area (Å²) in [5.41, 5.74) is 3.82. The number of ether oxygens (including phenoxy) is 2. The number of hydrogen-bond acceptors (Lipinski definition) is 3. The third kappa shape index (κ3) is 4.11. The normalized spacial score (nSPS) is 20.5. The van der Waals surface area contributed by atoms with Crippen LogP contribution < -0.4 is 5.32 Å². The van der Waals surface area contributed by atoms with Crippen LogP contribution in [0, 0.1) is 13.8 Å². The van der Waals surface area contributed by atoms with Gasteiger partial charge in [0.1, 0.15) is 0 Å². The highest BCUT2D eigenvalue weighted by Gasteiger charge is 2.12. The van der Waals surface area contributed by atoms with Crippen molar-refractivity contribution in [3.63, 3.8) is 0 Å². The van der Waals surface area contributed by atoms with Crippen molar-refractivity contribution < 1.29 is 9.47 Å². The van der Waals surface area contributed by atoms with Gasteiger partial charge in [-0.05, 0) is 19.4 Å². The van der Waals surface area contributed by atoms with E-state index in [1.165, 1.54) is 16.7 Å². The molecule has 0 aliphatic carbocycles. The molecule has 1 unspecified atom stereocenters. The first-order valence-corrected chi connectivity index (χ1v) is 6.21. The van der Waals surface area contributed by atoms with Crippen LogP contribution in [0.4, 0.5) is 0 Å². The number of aryl methyl sites for hydroxylation is 2. The van der Waals surface area contributed by atoms with Gasteiger partial charge in [0.15, 0.2) is 0 Å². The third-order valence-electron chi connectivity index (χ3n) is 2.86. The van der Waals surface area contributed by atoms with Crippen molar-refractivity contribution in [3.8, 4) is 0 Å². The molecule has 1 N–H and O–H groups in total. The lowest BCUT2D eigenvalue weighted by atomic mass is 10.1. The second kappa shape index (κ2) is 6.15. The van der Waals surface area contributed by atoms with Crippen molar-refractivity contribution in [1.82, 2.24) is 5.32 Å². The molecule has 1 aliphatic heterocycles. The fraction of sp³-hybridized carbons (Fsp3) is 0.571. The summed E-state index contributed by atoms with van der Waals surface area (Å²) < 4.78 is 11.3. The van der Waals surface area contributed by atoms with Crippen LogP contribution in [0.15, 0.2) is 18.2 Å². The van der Waals surface area contributed by atoms with Crippen LogP contribution in [0.1, 0.15) is 16.7 Å². The van der Waals surface area contributed by atoms with Crippen molar-refractivity contribution in [2.45, 2.75) is 26.6 Å². The summed E-state index contributed by atoms with van der Waals surface area (Å²) in [4.78, 5) is 0. The minimum absolute atomic E-state index is 0.203. The van der Waals surface area contributed by atoms with Crippen molar-refractivity contribution in [2.75, 3.05) is 26.3 Å². The van der Waals surface area contributed by atoms with Gasteiger partial charge in [-0.1, -0.05) is 29.3 Å². The van der Waals surface area contributed by atoms with E-state index in [9.17, 15) is 0 Å². The molecular formula is C14H21NO2. The zero-order valence-corrected chi connectivity index (χ0v) is 10.7. The topological polar surface area (TPSA) is 30.5 Å². The molecule has 1 aliphatic rings. The molecule has 1 heterocycles. The van der Waals surface area contributed by atoms with E-state index in [0.717, 1.165) is 19.7 Å². The highest BCUT2D eigenvalue weighted by Crippen LogP contribution is 2.10.